The number of hydrogen-bond donors (Lipinski definition) is 1. The third-order valence-corrected chi connectivity index (χ3v) is 1.54. The predicted molar refractivity (Wildman–Crippen MR) is 55.0 cm³/mol. The normalized spacial score (nSPS) is 12.8. The zero-order valence-electron chi connectivity index (χ0n) is 7.80. The van der Waals surface area contributed by atoms with Crippen LogP contribution >= 0.6 is 0 Å². The summed E-state index contributed by atoms with van der Waals surface area (Å²) in [7, 11) is 0. The number of nitrogens with zero attached hydrogens (tertiary/aromatic N) is 1. The first-order valence-electron chi connectivity index (χ1n) is 3.87. The van der Waals surface area contributed by atoms with E-state index in [1.165, 1.54) is 0 Å². The van der Waals surface area contributed by atoms with Gasteiger partial charge in [0.2, 0.25) is 0 Å². The van der Waals surface area contributed by atoms with Crippen molar-refractivity contribution in [3.63, 3.8) is 0 Å². The Morgan fingerprint density at radius 3 is 2.50 bits per heavy atom. The molecular weight excluding hydrogens is 148 g/mol. The Hall–Kier alpha value is -1.31. The van der Waals surface area contributed by atoms with Gasteiger partial charge in [0.25, 0.3) is 0 Å². The Bertz CT molecular complexity index is 234. The summed E-state index contributed by atoms with van der Waals surface area (Å²) in [6.45, 7) is 11.1. The zero-order valence-corrected chi connectivity index (χ0v) is 7.80. The van der Waals surface area contributed by atoms with Gasteiger partial charge in [-0.05, 0) is 19.4 Å². The van der Waals surface area contributed by atoms with Gasteiger partial charge in [-0.2, -0.15) is 0 Å². The fourth-order valence-electron chi connectivity index (χ4n) is 0.781. The number of rotatable bonds is 4. The van der Waals surface area contributed by atoms with Gasteiger partial charge in [0, 0.05) is 24.0 Å². The van der Waals surface area contributed by atoms with E-state index in [0.717, 1.165) is 17.7 Å². The fraction of sp³-hybridized carbons (Fsp3) is 0.300. The Labute approximate surface area is 74.2 Å². The molecule has 66 valence electrons. The second-order valence-corrected chi connectivity index (χ2v) is 2.48. The molecule has 12 heavy (non-hydrogen) atoms. The quantitative estimate of drug-likeness (QED) is 0.387. The van der Waals surface area contributed by atoms with Crippen LogP contribution in [0.5, 0.6) is 0 Å². The molecule has 2 N–H and O–H groups in total. The average molecular weight is 164 g/mol. The molecule has 0 rings (SSSR count). The molecule has 0 unspecified atom stereocenters. The third kappa shape index (κ3) is 3.19. The highest BCUT2D eigenvalue weighted by Crippen LogP contribution is 2.13. The Balaban J connectivity index is 4.78. The van der Waals surface area contributed by atoms with Gasteiger partial charge in [0.1, 0.15) is 0 Å². The predicted octanol–water partition coefficient (Wildman–Crippen LogP) is 2.40. The fourth-order valence-corrected chi connectivity index (χ4v) is 0.781. The number of nitrogens with two attached hydrogens (primary N) is 1. The molecule has 0 aliphatic heterocycles. The molecule has 0 aromatic heterocycles. The maximum atomic E-state index is 5.54. The van der Waals surface area contributed by atoms with Gasteiger partial charge in [-0.25, -0.2) is 0 Å². The molecule has 0 saturated heterocycles. The highest BCUT2D eigenvalue weighted by Gasteiger charge is 1.98. The Morgan fingerprint density at radius 1 is 1.58 bits per heavy atom. The van der Waals surface area contributed by atoms with Crippen molar-refractivity contribution >= 4 is 6.21 Å². The van der Waals surface area contributed by atoms with E-state index in [1.54, 1.807) is 12.3 Å². The van der Waals surface area contributed by atoms with Crippen molar-refractivity contribution in [3.05, 3.63) is 36.2 Å². The summed E-state index contributed by atoms with van der Waals surface area (Å²) >= 11 is 0. The minimum absolute atomic E-state index is 0.567. The van der Waals surface area contributed by atoms with E-state index in [2.05, 4.69) is 18.2 Å². The average Bonchev–Trinajstić information content (AvgIpc) is 2.03. The molecule has 0 saturated carbocycles. The van der Waals surface area contributed by atoms with Gasteiger partial charge in [0.15, 0.2) is 0 Å². The SMILES string of the molecule is C=CC/C(N=CC)=C(\C)C(=C)N. The summed E-state index contributed by atoms with van der Waals surface area (Å²) in [6.07, 6.45) is 4.27. The number of aliphatic imine (C=N–C) groups is 1. The van der Waals surface area contributed by atoms with Crippen molar-refractivity contribution in [1.29, 1.82) is 0 Å². The lowest BCUT2D eigenvalue weighted by molar-refractivity contribution is 1.10. The van der Waals surface area contributed by atoms with Crippen LogP contribution in [0.15, 0.2) is 41.2 Å². The number of allylic oxidation sites excluding steroid dienone is 2. The standard InChI is InChI=1S/C10H16N2/c1-5-7-10(12-6-2)8(3)9(4)11/h5-6H,1,4,7,11H2,2-3H3/b10-8-,12-6?. The molecule has 0 aromatic rings. The van der Waals surface area contributed by atoms with E-state index in [-0.39, 0.29) is 0 Å². The molecule has 0 aliphatic rings. The zero-order chi connectivity index (χ0) is 9.56. The largest absolute Gasteiger partial charge is 0.399 e. The maximum absolute atomic E-state index is 5.54. The van der Waals surface area contributed by atoms with E-state index in [4.69, 9.17) is 5.73 Å². The minimum atomic E-state index is 0.567. The van der Waals surface area contributed by atoms with Crippen molar-refractivity contribution in [3.8, 4) is 0 Å². The summed E-state index contributed by atoms with van der Waals surface area (Å²) < 4.78 is 0. The van der Waals surface area contributed by atoms with Gasteiger partial charge >= 0.3 is 0 Å². The molecule has 2 nitrogen and oxygen atoms in total. The molecule has 0 fully saturated rings. The molecule has 0 radical (unpaired) electrons. The van der Waals surface area contributed by atoms with Crippen LogP contribution < -0.4 is 5.73 Å². The molecule has 0 aliphatic carbocycles. The molecule has 0 atom stereocenters. The molecule has 0 spiro atoms. The van der Waals surface area contributed by atoms with Crippen molar-refractivity contribution in [1.82, 2.24) is 0 Å². The van der Waals surface area contributed by atoms with E-state index in [1.807, 2.05) is 13.8 Å². The Kier molecular flexibility index (Phi) is 4.77. The van der Waals surface area contributed by atoms with Gasteiger partial charge in [-0.1, -0.05) is 12.7 Å². The highest BCUT2D eigenvalue weighted by molar-refractivity contribution is 5.56. The monoisotopic (exact) mass is 164 g/mol. The van der Waals surface area contributed by atoms with Crippen LogP contribution in [0.1, 0.15) is 20.3 Å². The summed E-state index contributed by atoms with van der Waals surface area (Å²) in [5, 5.41) is 0. The van der Waals surface area contributed by atoms with Crippen LogP contribution in [0.4, 0.5) is 0 Å². The first-order chi connectivity index (χ1) is 5.63. The highest BCUT2D eigenvalue weighted by atomic mass is 14.7. The van der Waals surface area contributed by atoms with Crippen LogP contribution in [0.2, 0.25) is 0 Å². The first kappa shape index (κ1) is 10.7. The van der Waals surface area contributed by atoms with E-state index < -0.39 is 0 Å². The van der Waals surface area contributed by atoms with Gasteiger partial charge in [-0.15, -0.1) is 6.58 Å². The van der Waals surface area contributed by atoms with Crippen molar-refractivity contribution in [2.45, 2.75) is 20.3 Å². The number of hydrogen-bond acceptors (Lipinski definition) is 2. The van der Waals surface area contributed by atoms with E-state index >= 15 is 0 Å². The summed E-state index contributed by atoms with van der Waals surface area (Å²) in [6, 6.07) is 0. The second-order valence-electron chi connectivity index (χ2n) is 2.48. The molecule has 0 heterocycles. The second kappa shape index (κ2) is 5.35. The molecule has 0 amide bonds. The lowest BCUT2D eigenvalue weighted by atomic mass is 10.1. The van der Waals surface area contributed by atoms with Crippen molar-refractivity contribution in [2.24, 2.45) is 10.7 Å². The van der Waals surface area contributed by atoms with Crippen molar-refractivity contribution < 1.29 is 0 Å². The summed E-state index contributed by atoms with van der Waals surface area (Å²) in [5.41, 5.74) is 7.97. The third-order valence-electron chi connectivity index (χ3n) is 1.54. The summed E-state index contributed by atoms with van der Waals surface area (Å²) in [4.78, 5) is 4.18. The van der Waals surface area contributed by atoms with Crippen LogP contribution in [0.25, 0.3) is 0 Å². The molecule has 2 heteroatoms. The lowest BCUT2D eigenvalue weighted by Gasteiger charge is -2.04. The van der Waals surface area contributed by atoms with E-state index in [0.29, 0.717) is 5.70 Å². The lowest BCUT2D eigenvalue weighted by Crippen LogP contribution is -1.98. The van der Waals surface area contributed by atoms with Crippen LogP contribution in [0.3, 0.4) is 0 Å². The molecule has 0 bridgehead atoms. The van der Waals surface area contributed by atoms with E-state index in [9.17, 15) is 0 Å². The molecular formula is C10H16N2. The first-order valence-corrected chi connectivity index (χ1v) is 3.87. The van der Waals surface area contributed by atoms with Crippen LogP contribution in [-0.4, -0.2) is 6.21 Å². The van der Waals surface area contributed by atoms with Crippen LogP contribution in [0, 0.1) is 0 Å². The maximum Gasteiger partial charge on any atom is 0.0486 e. The summed E-state index contributed by atoms with van der Waals surface area (Å²) in [5.74, 6) is 0. The topological polar surface area (TPSA) is 38.4 Å². The van der Waals surface area contributed by atoms with Gasteiger partial charge < -0.3 is 5.73 Å². The van der Waals surface area contributed by atoms with Crippen molar-refractivity contribution in [2.75, 3.05) is 0 Å². The smallest absolute Gasteiger partial charge is 0.0486 e. The van der Waals surface area contributed by atoms with Gasteiger partial charge in [0.05, 0.1) is 0 Å². The van der Waals surface area contributed by atoms with Gasteiger partial charge in [-0.3, -0.25) is 4.99 Å². The van der Waals surface area contributed by atoms with Crippen LogP contribution in [-0.2, 0) is 0 Å². The Morgan fingerprint density at radius 2 is 2.17 bits per heavy atom. The molecule has 0 aromatic carbocycles. The minimum Gasteiger partial charge on any atom is -0.399 e.